The molecule has 1 aliphatic rings. The highest BCUT2D eigenvalue weighted by Gasteiger charge is 2.27. The average Bonchev–Trinajstić information content (AvgIpc) is 3.02. The first-order valence-electron chi connectivity index (χ1n) is 6.31. The van der Waals surface area contributed by atoms with Crippen molar-refractivity contribution in [1.82, 2.24) is 5.48 Å². The normalized spacial score (nSPS) is 18.6. The number of methoxy groups -OCH3 is 1. The van der Waals surface area contributed by atoms with Crippen LogP contribution in [0.25, 0.3) is 0 Å². The fourth-order valence-corrected chi connectivity index (χ4v) is 3.28. The monoisotopic (exact) mass is 255 g/mol. The van der Waals surface area contributed by atoms with E-state index in [-0.39, 0.29) is 0 Å². The van der Waals surface area contributed by atoms with Gasteiger partial charge < -0.3 is 4.74 Å². The van der Waals surface area contributed by atoms with Gasteiger partial charge in [0.05, 0.1) is 19.3 Å². The Morgan fingerprint density at radius 2 is 2.24 bits per heavy atom. The zero-order valence-electron chi connectivity index (χ0n) is 10.4. The average molecular weight is 255 g/mol. The summed E-state index contributed by atoms with van der Waals surface area (Å²) in [6.45, 7) is 1.24. The molecule has 3 nitrogen and oxygen atoms in total. The van der Waals surface area contributed by atoms with E-state index in [4.69, 9.17) is 9.57 Å². The van der Waals surface area contributed by atoms with Gasteiger partial charge in [-0.2, -0.15) is 5.48 Å². The Labute approximate surface area is 107 Å². The van der Waals surface area contributed by atoms with Crippen LogP contribution < -0.4 is 5.48 Å². The minimum absolute atomic E-state index is 0.356. The Morgan fingerprint density at radius 3 is 2.88 bits per heavy atom. The zero-order valence-corrected chi connectivity index (χ0v) is 11.2. The third kappa shape index (κ3) is 3.78. The van der Waals surface area contributed by atoms with Gasteiger partial charge in [0.1, 0.15) is 0 Å². The van der Waals surface area contributed by atoms with Crippen LogP contribution in [0.2, 0.25) is 0 Å². The van der Waals surface area contributed by atoms with Gasteiger partial charge in [-0.25, -0.2) is 0 Å². The lowest BCUT2D eigenvalue weighted by Crippen LogP contribution is -2.28. The quantitative estimate of drug-likeness (QED) is 0.600. The fraction of sp³-hybridized carbons (Fsp3) is 0.692. The second kappa shape index (κ2) is 7.11. The van der Waals surface area contributed by atoms with Crippen molar-refractivity contribution in [2.75, 3.05) is 20.3 Å². The molecule has 0 amide bonds. The van der Waals surface area contributed by atoms with E-state index in [1.807, 2.05) is 11.3 Å². The molecule has 0 aromatic carbocycles. The molecule has 1 heterocycles. The molecule has 17 heavy (non-hydrogen) atoms. The van der Waals surface area contributed by atoms with E-state index >= 15 is 0 Å². The maximum absolute atomic E-state index is 5.50. The Hall–Kier alpha value is -0.420. The van der Waals surface area contributed by atoms with E-state index in [1.54, 1.807) is 7.11 Å². The number of ether oxygens (including phenoxy) is 1. The van der Waals surface area contributed by atoms with Gasteiger partial charge in [-0.05, 0) is 30.2 Å². The lowest BCUT2D eigenvalue weighted by molar-refractivity contribution is -0.0226. The molecular weight excluding hydrogens is 234 g/mol. The summed E-state index contributed by atoms with van der Waals surface area (Å²) in [4.78, 5) is 6.89. The molecule has 0 spiro atoms. The van der Waals surface area contributed by atoms with Crippen molar-refractivity contribution in [3.63, 3.8) is 0 Å². The predicted octanol–water partition coefficient (Wildman–Crippen LogP) is 3.15. The summed E-state index contributed by atoms with van der Waals surface area (Å²) in [5, 5.41) is 2.13. The number of rotatable bonds is 7. The van der Waals surface area contributed by atoms with Gasteiger partial charge >= 0.3 is 0 Å². The summed E-state index contributed by atoms with van der Waals surface area (Å²) in [6, 6.07) is 4.66. The SMILES string of the molecule is COCCONC(c1cccs1)C1CCCC1. The second-order valence-corrected chi connectivity index (χ2v) is 5.48. The minimum atomic E-state index is 0.356. The van der Waals surface area contributed by atoms with E-state index in [1.165, 1.54) is 30.6 Å². The van der Waals surface area contributed by atoms with Crippen molar-refractivity contribution in [1.29, 1.82) is 0 Å². The highest BCUT2D eigenvalue weighted by Crippen LogP contribution is 2.37. The predicted molar refractivity (Wildman–Crippen MR) is 70.0 cm³/mol. The summed E-state index contributed by atoms with van der Waals surface area (Å²) in [5.41, 5.74) is 3.23. The van der Waals surface area contributed by atoms with Gasteiger partial charge in [0, 0.05) is 12.0 Å². The van der Waals surface area contributed by atoms with Gasteiger partial charge in [0.15, 0.2) is 0 Å². The molecule has 2 rings (SSSR count). The van der Waals surface area contributed by atoms with E-state index in [0.29, 0.717) is 19.3 Å². The number of hydrogen-bond acceptors (Lipinski definition) is 4. The molecule has 0 saturated heterocycles. The van der Waals surface area contributed by atoms with Crippen LogP contribution in [-0.2, 0) is 9.57 Å². The molecule has 4 heteroatoms. The van der Waals surface area contributed by atoms with Crippen molar-refractivity contribution in [3.8, 4) is 0 Å². The first-order chi connectivity index (χ1) is 8.42. The largest absolute Gasteiger partial charge is 0.382 e. The molecule has 1 aromatic rings. The first-order valence-corrected chi connectivity index (χ1v) is 7.19. The molecule has 0 aliphatic heterocycles. The Bertz CT molecular complexity index is 296. The molecule has 1 aliphatic carbocycles. The van der Waals surface area contributed by atoms with Crippen LogP contribution >= 0.6 is 11.3 Å². The molecule has 1 unspecified atom stereocenters. The van der Waals surface area contributed by atoms with Crippen molar-refractivity contribution in [2.45, 2.75) is 31.7 Å². The Morgan fingerprint density at radius 1 is 1.41 bits per heavy atom. The van der Waals surface area contributed by atoms with E-state index < -0.39 is 0 Å². The topological polar surface area (TPSA) is 30.5 Å². The van der Waals surface area contributed by atoms with Gasteiger partial charge in [-0.1, -0.05) is 18.9 Å². The lowest BCUT2D eigenvalue weighted by atomic mass is 9.98. The Kier molecular flexibility index (Phi) is 5.45. The van der Waals surface area contributed by atoms with Crippen molar-refractivity contribution < 1.29 is 9.57 Å². The van der Waals surface area contributed by atoms with Crippen LogP contribution in [0.1, 0.15) is 36.6 Å². The molecule has 0 radical (unpaired) electrons. The van der Waals surface area contributed by atoms with Crippen LogP contribution in [0.4, 0.5) is 0 Å². The fourth-order valence-electron chi connectivity index (χ4n) is 2.42. The highest BCUT2D eigenvalue weighted by molar-refractivity contribution is 7.10. The van der Waals surface area contributed by atoms with Crippen LogP contribution in [0, 0.1) is 5.92 Å². The zero-order chi connectivity index (χ0) is 11.9. The number of thiophene rings is 1. The maximum atomic E-state index is 5.50. The molecule has 96 valence electrons. The standard InChI is InChI=1S/C13H21NO2S/c1-15-8-9-16-14-13(11-5-2-3-6-11)12-7-4-10-17-12/h4,7,10-11,13-14H,2-3,5-6,8-9H2,1H3. The summed E-state index contributed by atoms with van der Waals surface area (Å²) in [7, 11) is 1.69. The second-order valence-electron chi connectivity index (χ2n) is 4.50. The van der Waals surface area contributed by atoms with E-state index in [0.717, 1.165) is 5.92 Å². The van der Waals surface area contributed by atoms with E-state index in [9.17, 15) is 0 Å². The van der Waals surface area contributed by atoms with Gasteiger partial charge in [0.25, 0.3) is 0 Å². The highest BCUT2D eigenvalue weighted by atomic mass is 32.1. The summed E-state index contributed by atoms with van der Waals surface area (Å²) in [5.74, 6) is 0.719. The first kappa shape index (κ1) is 13.0. The van der Waals surface area contributed by atoms with Crippen LogP contribution in [0.15, 0.2) is 17.5 Å². The van der Waals surface area contributed by atoms with Crippen LogP contribution in [0.5, 0.6) is 0 Å². The minimum Gasteiger partial charge on any atom is -0.382 e. The molecule has 1 saturated carbocycles. The molecule has 1 atom stereocenters. The molecule has 0 bridgehead atoms. The third-order valence-corrected chi connectivity index (χ3v) is 4.28. The maximum Gasteiger partial charge on any atom is 0.0916 e. The lowest BCUT2D eigenvalue weighted by Gasteiger charge is -2.23. The molecule has 1 aromatic heterocycles. The Balaban J connectivity index is 1.88. The molecule has 1 fully saturated rings. The summed E-state index contributed by atoms with van der Waals surface area (Å²) >= 11 is 1.81. The summed E-state index contributed by atoms with van der Waals surface area (Å²) in [6.07, 6.45) is 5.32. The van der Waals surface area contributed by atoms with Crippen LogP contribution in [0.3, 0.4) is 0 Å². The van der Waals surface area contributed by atoms with Gasteiger partial charge in [-0.3, -0.25) is 4.84 Å². The van der Waals surface area contributed by atoms with Crippen molar-refractivity contribution in [3.05, 3.63) is 22.4 Å². The number of hydrogen-bond donors (Lipinski definition) is 1. The number of hydroxylamine groups is 1. The summed E-state index contributed by atoms with van der Waals surface area (Å²) < 4.78 is 4.98. The van der Waals surface area contributed by atoms with Gasteiger partial charge in [0.2, 0.25) is 0 Å². The third-order valence-electron chi connectivity index (χ3n) is 3.32. The molecule has 1 N–H and O–H groups in total. The molecular formula is C13H21NO2S. The van der Waals surface area contributed by atoms with Crippen molar-refractivity contribution in [2.24, 2.45) is 5.92 Å². The number of nitrogens with one attached hydrogen (secondary N) is 1. The van der Waals surface area contributed by atoms with E-state index in [2.05, 4.69) is 23.0 Å². The van der Waals surface area contributed by atoms with Crippen molar-refractivity contribution >= 4 is 11.3 Å². The smallest absolute Gasteiger partial charge is 0.0916 e. The van der Waals surface area contributed by atoms with Crippen LogP contribution in [-0.4, -0.2) is 20.3 Å². The van der Waals surface area contributed by atoms with Gasteiger partial charge in [-0.15, -0.1) is 11.3 Å².